The minimum Gasteiger partial charge on any atom is -0.322 e. The number of aromatic nitrogens is 1. The number of amides is 1. The molecule has 3 aromatic carbocycles. The van der Waals surface area contributed by atoms with Crippen molar-refractivity contribution in [2.45, 2.75) is 31.2 Å². The normalized spacial score (nSPS) is 11.7. The highest BCUT2D eigenvalue weighted by atomic mass is 32.2. The summed E-state index contributed by atoms with van der Waals surface area (Å²) < 4.78 is 28.1. The summed E-state index contributed by atoms with van der Waals surface area (Å²) in [5.74, 6) is -0.301. The van der Waals surface area contributed by atoms with Gasteiger partial charge in [-0.05, 0) is 67.9 Å². The number of fused-ring (bicyclic) bond motifs is 1. The predicted octanol–water partition coefficient (Wildman–Crippen LogP) is 4.83. The average molecular weight is 466 g/mol. The number of sulfonamides is 1. The standard InChI is InChI=1S/C24H23N3O3S2/c1-16(2)27-32(29,30)20-13-9-18(10-14-20)24(28)25-19-11-7-17(8-12-19)15-23-26-21-5-3-4-6-22(21)31-23/h3-14,16,27H,15H2,1-2H3,(H,25,28). The van der Waals surface area contributed by atoms with Crippen molar-refractivity contribution >= 4 is 43.2 Å². The van der Waals surface area contributed by atoms with Crippen molar-refractivity contribution < 1.29 is 13.2 Å². The van der Waals surface area contributed by atoms with Gasteiger partial charge in [0, 0.05) is 23.7 Å². The smallest absolute Gasteiger partial charge is 0.255 e. The summed E-state index contributed by atoms with van der Waals surface area (Å²) in [6.07, 6.45) is 0.730. The van der Waals surface area contributed by atoms with Crippen LogP contribution >= 0.6 is 11.3 Å². The van der Waals surface area contributed by atoms with Crippen LogP contribution in [0.4, 0.5) is 5.69 Å². The number of thiazole rings is 1. The Hall–Kier alpha value is -3.07. The van der Waals surface area contributed by atoms with Crippen molar-refractivity contribution in [1.29, 1.82) is 0 Å². The molecule has 8 heteroatoms. The topological polar surface area (TPSA) is 88.2 Å². The first-order valence-corrected chi connectivity index (χ1v) is 12.5. The number of anilines is 1. The molecule has 1 heterocycles. The average Bonchev–Trinajstić information content (AvgIpc) is 3.16. The fourth-order valence-corrected chi connectivity index (χ4v) is 5.50. The fraction of sp³-hybridized carbons (Fsp3) is 0.167. The highest BCUT2D eigenvalue weighted by Gasteiger charge is 2.16. The van der Waals surface area contributed by atoms with E-state index in [-0.39, 0.29) is 16.8 Å². The Bertz CT molecular complexity index is 1310. The van der Waals surface area contributed by atoms with Crippen LogP contribution in [0.1, 0.15) is 34.8 Å². The molecular formula is C24H23N3O3S2. The number of hydrogen-bond donors (Lipinski definition) is 2. The van der Waals surface area contributed by atoms with Gasteiger partial charge >= 0.3 is 0 Å². The maximum Gasteiger partial charge on any atom is 0.255 e. The van der Waals surface area contributed by atoms with Gasteiger partial charge in [0.2, 0.25) is 10.0 Å². The van der Waals surface area contributed by atoms with Gasteiger partial charge in [-0.25, -0.2) is 18.1 Å². The number of rotatable bonds is 7. The fourth-order valence-electron chi connectivity index (χ4n) is 3.24. The van der Waals surface area contributed by atoms with E-state index < -0.39 is 10.0 Å². The van der Waals surface area contributed by atoms with E-state index in [0.717, 1.165) is 22.5 Å². The lowest BCUT2D eigenvalue weighted by Crippen LogP contribution is -2.30. The van der Waals surface area contributed by atoms with E-state index >= 15 is 0 Å². The molecular weight excluding hydrogens is 442 g/mol. The van der Waals surface area contributed by atoms with Gasteiger partial charge in [-0.1, -0.05) is 24.3 Å². The molecule has 0 bridgehead atoms. The van der Waals surface area contributed by atoms with Gasteiger partial charge < -0.3 is 5.32 Å². The molecule has 0 saturated carbocycles. The summed E-state index contributed by atoms with van der Waals surface area (Å²) in [7, 11) is -3.59. The third kappa shape index (κ3) is 5.21. The summed E-state index contributed by atoms with van der Waals surface area (Å²) in [6, 6.07) is 21.4. The van der Waals surface area contributed by atoms with Gasteiger partial charge in [-0.2, -0.15) is 0 Å². The first-order valence-electron chi connectivity index (χ1n) is 10.2. The Kier molecular flexibility index (Phi) is 6.36. The molecule has 0 radical (unpaired) electrons. The van der Waals surface area contributed by atoms with E-state index in [1.807, 2.05) is 42.5 Å². The molecule has 2 N–H and O–H groups in total. The Morgan fingerprint density at radius 2 is 1.66 bits per heavy atom. The maximum atomic E-state index is 12.5. The second-order valence-electron chi connectivity index (χ2n) is 7.70. The largest absolute Gasteiger partial charge is 0.322 e. The van der Waals surface area contributed by atoms with E-state index in [1.54, 1.807) is 25.2 Å². The van der Waals surface area contributed by atoms with Crippen molar-refractivity contribution in [1.82, 2.24) is 9.71 Å². The Labute approximate surface area is 191 Å². The SMILES string of the molecule is CC(C)NS(=O)(=O)c1ccc(C(=O)Nc2ccc(Cc3nc4ccccc4s3)cc2)cc1. The third-order valence-electron chi connectivity index (χ3n) is 4.72. The molecule has 0 spiro atoms. The highest BCUT2D eigenvalue weighted by molar-refractivity contribution is 7.89. The van der Waals surface area contributed by atoms with Crippen molar-refractivity contribution in [2.24, 2.45) is 0 Å². The minimum absolute atomic E-state index is 0.127. The number of nitrogens with one attached hydrogen (secondary N) is 2. The van der Waals surface area contributed by atoms with E-state index in [1.165, 1.54) is 29.0 Å². The van der Waals surface area contributed by atoms with Crippen molar-refractivity contribution in [3.63, 3.8) is 0 Å². The zero-order valence-electron chi connectivity index (χ0n) is 17.7. The van der Waals surface area contributed by atoms with Crippen LogP contribution in [0, 0.1) is 0 Å². The molecule has 4 rings (SSSR count). The van der Waals surface area contributed by atoms with Crippen LogP contribution in [0.5, 0.6) is 0 Å². The van der Waals surface area contributed by atoms with Crippen LogP contribution < -0.4 is 10.0 Å². The number of carbonyl (C=O) groups excluding carboxylic acids is 1. The second kappa shape index (κ2) is 9.20. The zero-order valence-corrected chi connectivity index (χ0v) is 19.3. The predicted molar refractivity (Wildman–Crippen MR) is 129 cm³/mol. The number of benzene rings is 3. The van der Waals surface area contributed by atoms with Crippen LogP contribution in [0.2, 0.25) is 0 Å². The Balaban J connectivity index is 1.40. The summed E-state index contributed by atoms with van der Waals surface area (Å²) in [5, 5.41) is 3.89. The minimum atomic E-state index is -3.59. The molecule has 0 aliphatic rings. The molecule has 164 valence electrons. The molecule has 0 aliphatic carbocycles. The monoisotopic (exact) mass is 465 g/mol. The van der Waals surface area contributed by atoms with Gasteiger partial charge in [-0.3, -0.25) is 4.79 Å². The second-order valence-corrected chi connectivity index (χ2v) is 10.5. The molecule has 1 aromatic heterocycles. The first kappa shape index (κ1) is 22.1. The highest BCUT2D eigenvalue weighted by Crippen LogP contribution is 2.24. The van der Waals surface area contributed by atoms with Crippen LogP contribution in [0.25, 0.3) is 10.2 Å². The van der Waals surface area contributed by atoms with Gasteiger partial charge in [0.05, 0.1) is 20.1 Å². The molecule has 0 unspecified atom stereocenters. The quantitative estimate of drug-likeness (QED) is 0.409. The molecule has 4 aromatic rings. The van der Waals surface area contributed by atoms with Crippen LogP contribution in [0.15, 0.2) is 77.7 Å². The van der Waals surface area contributed by atoms with Crippen molar-refractivity contribution in [2.75, 3.05) is 5.32 Å². The lowest BCUT2D eigenvalue weighted by molar-refractivity contribution is 0.102. The van der Waals surface area contributed by atoms with Gasteiger partial charge in [0.15, 0.2) is 0 Å². The van der Waals surface area contributed by atoms with E-state index in [4.69, 9.17) is 0 Å². The van der Waals surface area contributed by atoms with Crippen LogP contribution in [-0.2, 0) is 16.4 Å². The molecule has 0 aliphatic heterocycles. The van der Waals surface area contributed by atoms with Crippen molar-refractivity contribution in [3.8, 4) is 0 Å². The van der Waals surface area contributed by atoms with Gasteiger partial charge in [0.1, 0.15) is 0 Å². The lowest BCUT2D eigenvalue weighted by atomic mass is 10.1. The summed E-state index contributed by atoms with van der Waals surface area (Å²) >= 11 is 1.68. The summed E-state index contributed by atoms with van der Waals surface area (Å²) in [5.41, 5.74) is 3.16. The van der Waals surface area contributed by atoms with E-state index in [0.29, 0.717) is 11.3 Å². The number of carbonyl (C=O) groups is 1. The number of nitrogens with zero attached hydrogens (tertiary/aromatic N) is 1. The van der Waals surface area contributed by atoms with Gasteiger partial charge in [-0.15, -0.1) is 11.3 Å². The Morgan fingerprint density at radius 3 is 2.31 bits per heavy atom. The van der Waals surface area contributed by atoms with E-state index in [9.17, 15) is 13.2 Å². The Morgan fingerprint density at radius 1 is 0.969 bits per heavy atom. The first-order chi connectivity index (χ1) is 15.3. The molecule has 6 nitrogen and oxygen atoms in total. The molecule has 0 saturated heterocycles. The number of para-hydroxylation sites is 1. The molecule has 0 fully saturated rings. The number of hydrogen-bond acceptors (Lipinski definition) is 5. The maximum absolute atomic E-state index is 12.5. The summed E-state index contributed by atoms with van der Waals surface area (Å²) in [6.45, 7) is 3.51. The van der Waals surface area contributed by atoms with E-state index in [2.05, 4.69) is 21.1 Å². The van der Waals surface area contributed by atoms with Crippen molar-refractivity contribution in [3.05, 3.63) is 88.9 Å². The van der Waals surface area contributed by atoms with Crippen LogP contribution in [-0.4, -0.2) is 25.4 Å². The molecule has 1 amide bonds. The molecule has 0 atom stereocenters. The van der Waals surface area contributed by atoms with Gasteiger partial charge in [0.25, 0.3) is 5.91 Å². The third-order valence-corrected chi connectivity index (χ3v) is 7.43. The lowest BCUT2D eigenvalue weighted by Gasteiger charge is -2.10. The van der Waals surface area contributed by atoms with Crippen LogP contribution in [0.3, 0.4) is 0 Å². The zero-order chi connectivity index (χ0) is 22.7. The summed E-state index contributed by atoms with van der Waals surface area (Å²) in [4.78, 5) is 17.3. The molecule has 32 heavy (non-hydrogen) atoms.